The standard InChI is InChI=1S/C33H28O5/c1-2-3-12-30-32(28-11-7-8-13-29(28)38-30)33(35)25-16-14-23(15-17-25)24-18-20-26(21-19-24)36-22-31(34)37-27-9-5-4-6-10-27/h4-11,13-21H,2-3,12,22H2,1H3. The minimum Gasteiger partial charge on any atom is -0.482 e. The lowest BCUT2D eigenvalue weighted by molar-refractivity contribution is -0.136. The molecule has 4 aromatic carbocycles. The molecule has 0 fully saturated rings. The van der Waals surface area contributed by atoms with Crippen molar-refractivity contribution in [3.05, 3.63) is 120 Å². The Hall–Kier alpha value is -4.64. The van der Waals surface area contributed by atoms with E-state index in [1.54, 1.807) is 24.3 Å². The van der Waals surface area contributed by atoms with Crippen LogP contribution in [0.3, 0.4) is 0 Å². The highest BCUT2D eigenvalue weighted by Crippen LogP contribution is 2.30. The van der Waals surface area contributed by atoms with E-state index in [2.05, 4.69) is 6.92 Å². The van der Waals surface area contributed by atoms with Crippen molar-refractivity contribution in [3.8, 4) is 22.6 Å². The van der Waals surface area contributed by atoms with Crippen LogP contribution < -0.4 is 9.47 Å². The summed E-state index contributed by atoms with van der Waals surface area (Å²) in [6.07, 6.45) is 2.73. The number of rotatable bonds is 10. The molecule has 5 rings (SSSR count). The molecule has 0 N–H and O–H groups in total. The number of hydrogen-bond donors (Lipinski definition) is 0. The van der Waals surface area contributed by atoms with Gasteiger partial charge in [-0.2, -0.15) is 0 Å². The molecule has 0 saturated carbocycles. The Balaban J connectivity index is 1.26. The van der Waals surface area contributed by atoms with Crippen molar-refractivity contribution < 1.29 is 23.5 Å². The number of aryl methyl sites for hydroxylation is 1. The maximum atomic E-state index is 13.5. The van der Waals surface area contributed by atoms with Crippen molar-refractivity contribution in [2.24, 2.45) is 0 Å². The first kappa shape index (κ1) is 25.0. The second kappa shape index (κ2) is 11.6. The minimum atomic E-state index is -0.469. The quantitative estimate of drug-likeness (QED) is 0.111. The number of esters is 1. The van der Waals surface area contributed by atoms with Crippen molar-refractivity contribution in [3.63, 3.8) is 0 Å². The van der Waals surface area contributed by atoms with Crippen molar-refractivity contribution >= 4 is 22.7 Å². The topological polar surface area (TPSA) is 65.7 Å². The maximum Gasteiger partial charge on any atom is 0.349 e. The first-order chi connectivity index (χ1) is 18.6. The van der Waals surface area contributed by atoms with Gasteiger partial charge < -0.3 is 13.9 Å². The predicted octanol–water partition coefficient (Wildman–Crippen LogP) is 7.66. The monoisotopic (exact) mass is 504 g/mol. The van der Waals surface area contributed by atoms with E-state index < -0.39 is 5.97 Å². The fourth-order valence-corrected chi connectivity index (χ4v) is 4.35. The van der Waals surface area contributed by atoms with Gasteiger partial charge in [-0.1, -0.05) is 86.1 Å². The number of carbonyl (C=O) groups is 2. The van der Waals surface area contributed by atoms with Crippen molar-refractivity contribution in [1.29, 1.82) is 0 Å². The molecule has 0 aliphatic carbocycles. The van der Waals surface area contributed by atoms with Gasteiger partial charge in [0.05, 0.1) is 5.56 Å². The molecule has 5 aromatic rings. The number of ketones is 1. The summed E-state index contributed by atoms with van der Waals surface area (Å²) in [5.41, 5.74) is 3.97. The fraction of sp³-hybridized carbons (Fsp3) is 0.152. The van der Waals surface area contributed by atoms with Crippen LogP contribution in [0.4, 0.5) is 0 Å². The molecule has 0 radical (unpaired) electrons. The van der Waals surface area contributed by atoms with E-state index in [0.29, 0.717) is 22.6 Å². The van der Waals surface area contributed by atoms with E-state index in [0.717, 1.165) is 47.1 Å². The maximum absolute atomic E-state index is 13.5. The Morgan fingerprint density at radius 2 is 1.39 bits per heavy atom. The predicted molar refractivity (Wildman–Crippen MR) is 148 cm³/mol. The number of hydrogen-bond acceptors (Lipinski definition) is 5. The summed E-state index contributed by atoms with van der Waals surface area (Å²) in [5.74, 6) is 1.31. The lowest BCUT2D eigenvalue weighted by Gasteiger charge is -2.08. The third-order valence-corrected chi connectivity index (χ3v) is 6.32. The summed E-state index contributed by atoms with van der Waals surface area (Å²) in [7, 11) is 0. The largest absolute Gasteiger partial charge is 0.482 e. The highest BCUT2D eigenvalue weighted by molar-refractivity contribution is 6.17. The lowest BCUT2D eigenvalue weighted by Crippen LogP contribution is -2.17. The normalized spacial score (nSPS) is 10.9. The number of para-hydroxylation sites is 2. The van der Waals surface area contributed by atoms with Crippen LogP contribution in [0.25, 0.3) is 22.1 Å². The van der Waals surface area contributed by atoms with Crippen LogP contribution in [0.5, 0.6) is 11.5 Å². The van der Waals surface area contributed by atoms with Gasteiger partial charge in [-0.15, -0.1) is 0 Å². The van der Waals surface area contributed by atoms with Gasteiger partial charge in [-0.05, 0) is 47.9 Å². The molecule has 0 spiro atoms. The SMILES string of the molecule is CCCCc1oc2ccccc2c1C(=O)c1ccc(-c2ccc(OCC(=O)Oc3ccccc3)cc2)cc1. The zero-order valence-corrected chi connectivity index (χ0v) is 21.2. The molecule has 38 heavy (non-hydrogen) atoms. The molecular weight excluding hydrogens is 476 g/mol. The van der Waals surface area contributed by atoms with Crippen LogP contribution in [0.15, 0.2) is 108 Å². The number of carbonyl (C=O) groups excluding carboxylic acids is 2. The van der Waals surface area contributed by atoms with Gasteiger partial charge in [-0.25, -0.2) is 4.79 Å². The average Bonchev–Trinajstić information content (AvgIpc) is 3.34. The molecule has 0 amide bonds. The number of benzene rings is 4. The number of furan rings is 1. The summed E-state index contributed by atoms with van der Waals surface area (Å²) in [6.45, 7) is 1.94. The van der Waals surface area contributed by atoms with E-state index in [1.807, 2.05) is 78.9 Å². The van der Waals surface area contributed by atoms with E-state index in [4.69, 9.17) is 13.9 Å². The molecule has 0 atom stereocenters. The van der Waals surface area contributed by atoms with Crippen LogP contribution in [-0.2, 0) is 11.2 Å². The van der Waals surface area contributed by atoms with E-state index in [-0.39, 0.29) is 12.4 Å². The van der Waals surface area contributed by atoms with Crippen LogP contribution >= 0.6 is 0 Å². The van der Waals surface area contributed by atoms with Gasteiger partial charge in [0, 0.05) is 17.4 Å². The molecular formula is C33H28O5. The summed E-state index contributed by atoms with van der Waals surface area (Å²) in [6, 6.07) is 31.6. The number of fused-ring (bicyclic) bond motifs is 1. The molecule has 0 unspecified atom stereocenters. The van der Waals surface area contributed by atoms with Gasteiger partial charge >= 0.3 is 5.97 Å². The Morgan fingerprint density at radius 1 is 0.737 bits per heavy atom. The smallest absolute Gasteiger partial charge is 0.349 e. The molecule has 1 heterocycles. The molecule has 0 aliphatic heterocycles. The second-order valence-corrected chi connectivity index (χ2v) is 9.01. The first-order valence-corrected chi connectivity index (χ1v) is 12.8. The summed E-state index contributed by atoms with van der Waals surface area (Å²) >= 11 is 0. The lowest BCUT2D eigenvalue weighted by atomic mass is 9.96. The molecule has 5 heteroatoms. The molecule has 0 bridgehead atoms. The van der Waals surface area contributed by atoms with E-state index in [1.165, 1.54) is 0 Å². The van der Waals surface area contributed by atoms with Crippen LogP contribution in [0.2, 0.25) is 0 Å². The zero-order chi connectivity index (χ0) is 26.3. The fourth-order valence-electron chi connectivity index (χ4n) is 4.35. The third kappa shape index (κ3) is 5.68. The van der Waals surface area contributed by atoms with E-state index >= 15 is 0 Å². The first-order valence-electron chi connectivity index (χ1n) is 12.8. The van der Waals surface area contributed by atoms with Gasteiger partial charge in [0.15, 0.2) is 12.4 Å². The van der Waals surface area contributed by atoms with Crippen LogP contribution in [0.1, 0.15) is 41.4 Å². The highest BCUT2D eigenvalue weighted by Gasteiger charge is 2.21. The molecule has 190 valence electrons. The van der Waals surface area contributed by atoms with Crippen LogP contribution in [-0.4, -0.2) is 18.4 Å². The Kier molecular flexibility index (Phi) is 7.65. The Labute approximate surface area is 221 Å². The van der Waals surface area contributed by atoms with Gasteiger partial charge in [0.1, 0.15) is 22.8 Å². The molecule has 5 nitrogen and oxygen atoms in total. The second-order valence-electron chi connectivity index (χ2n) is 9.01. The zero-order valence-electron chi connectivity index (χ0n) is 21.2. The third-order valence-electron chi connectivity index (χ3n) is 6.32. The highest BCUT2D eigenvalue weighted by atomic mass is 16.6. The molecule has 0 aliphatic rings. The van der Waals surface area contributed by atoms with Crippen molar-refractivity contribution in [1.82, 2.24) is 0 Å². The minimum absolute atomic E-state index is 0.0289. The Morgan fingerprint density at radius 3 is 2.11 bits per heavy atom. The Bertz CT molecular complexity index is 1530. The van der Waals surface area contributed by atoms with Gasteiger partial charge in [0.2, 0.25) is 0 Å². The summed E-state index contributed by atoms with van der Waals surface area (Å²) < 4.78 is 16.9. The van der Waals surface area contributed by atoms with Gasteiger partial charge in [-0.3, -0.25) is 4.79 Å². The van der Waals surface area contributed by atoms with Crippen molar-refractivity contribution in [2.75, 3.05) is 6.61 Å². The van der Waals surface area contributed by atoms with Gasteiger partial charge in [0.25, 0.3) is 0 Å². The number of ether oxygens (including phenoxy) is 2. The van der Waals surface area contributed by atoms with E-state index in [9.17, 15) is 9.59 Å². The summed E-state index contributed by atoms with van der Waals surface area (Å²) in [5, 5.41) is 0.857. The molecule has 1 aromatic heterocycles. The average molecular weight is 505 g/mol. The van der Waals surface area contributed by atoms with Crippen molar-refractivity contribution in [2.45, 2.75) is 26.2 Å². The summed E-state index contributed by atoms with van der Waals surface area (Å²) in [4.78, 5) is 25.5. The molecule has 0 saturated heterocycles. The number of unbranched alkanes of at least 4 members (excludes halogenated alkanes) is 1. The van der Waals surface area contributed by atoms with Crippen LogP contribution in [0, 0.1) is 0 Å².